The molecular weight excluding hydrogens is 460 g/mol. The number of hydrogen-bond donors (Lipinski definition) is 0. The molecule has 0 saturated heterocycles. The van der Waals surface area contributed by atoms with Gasteiger partial charge in [0.25, 0.3) is 0 Å². The van der Waals surface area contributed by atoms with Crippen LogP contribution >= 0.6 is 11.6 Å². The van der Waals surface area contributed by atoms with Gasteiger partial charge >= 0.3 is 0 Å². The highest BCUT2D eigenvalue weighted by Crippen LogP contribution is 2.16. The van der Waals surface area contributed by atoms with E-state index >= 15 is 0 Å². The zero-order valence-electron chi connectivity index (χ0n) is 19.5. The van der Waals surface area contributed by atoms with Gasteiger partial charge in [-0.3, -0.25) is 8.42 Å². The Labute approximate surface area is 205 Å². The van der Waals surface area contributed by atoms with Crippen LogP contribution in [0.5, 0.6) is 0 Å². The van der Waals surface area contributed by atoms with E-state index in [9.17, 15) is 13.0 Å². The monoisotopic (exact) mass is 499 g/mol. The summed E-state index contributed by atoms with van der Waals surface area (Å²) < 4.78 is 34.7. The molecule has 32 heavy (non-hydrogen) atoms. The lowest BCUT2D eigenvalue weighted by molar-refractivity contribution is 0.513. The Kier molecular flexibility index (Phi) is 18.0. The Morgan fingerprint density at radius 1 is 0.906 bits per heavy atom. The van der Waals surface area contributed by atoms with Crippen LogP contribution in [0.3, 0.4) is 0 Å². The molecule has 182 valence electrons. The zero-order chi connectivity index (χ0) is 23.4. The third-order valence-corrected chi connectivity index (χ3v) is 7.44. The topological polar surface area (TPSA) is 57.2 Å². The van der Waals surface area contributed by atoms with E-state index in [-0.39, 0.29) is 11.7 Å². The summed E-state index contributed by atoms with van der Waals surface area (Å²) in [6.45, 7) is 2.25. The van der Waals surface area contributed by atoms with Gasteiger partial charge in [-0.15, -0.1) is 0 Å². The molecule has 0 amide bonds. The Hall–Kier alpha value is -0.750. The van der Waals surface area contributed by atoms with Crippen LogP contribution in [0.15, 0.2) is 47.9 Å². The van der Waals surface area contributed by atoms with E-state index < -0.39 is 21.9 Å². The van der Waals surface area contributed by atoms with Crippen LogP contribution in [0, 0.1) is 5.92 Å². The van der Waals surface area contributed by atoms with Crippen LogP contribution in [-0.4, -0.2) is 18.7 Å². The van der Waals surface area contributed by atoms with Gasteiger partial charge in [0.1, 0.15) is 0 Å². The molecule has 3 nitrogen and oxygen atoms in total. The normalized spacial score (nSPS) is 14.8. The second kappa shape index (κ2) is 19.7. The van der Waals surface area contributed by atoms with E-state index in [0.29, 0.717) is 10.8 Å². The lowest BCUT2D eigenvalue weighted by Crippen LogP contribution is -2.09. The number of halogens is 1. The van der Waals surface area contributed by atoms with Gasteiger partial charge in [-0.1, -0.05) is 105 Å². The van der Waals surface area contributed by atoms with Crippen LogP contribution in [-0.2, 0) is 27.6 Å². The first kappa shape index (κ1) is 29.3. The fourth-order valence-electron chi connectivity index (χ4n) is 3.53. The number of allylic oxidation sites excluding steroid dienone is 3. The summed E-state index contributed by atoms with van der Waals surface area (Å²) in [5.41, 5.74) is 0.950. The van der Waals surface area contributed by atoms with Gasteiger partial charge in [0.05, 0.1) is 5.75 Å². The minimum Gasteiger partial charge on any atom is -0.772 e. The molecule has 0 aliphatic heterocycles. The Morgan fingerprint density at radius 3 is 2.12 bits per heavy atom. The summed E-state index contributed by atoms with van der Waals surface area (Å²) in [5, 5.41) is 2.30. The highest BCUT2D eigenvalue weighted by Gasteiger charge is 2.07. The molecule has 6 heteroatoms. The van der Waals surface area contributed by atoms with Crippen LogP contribution in [0.1, 0.15) is 89.5 Å². The van der Waals surface area contributed by atoms with E-state index in [1.165, 1.54) is 44.9 Å². The highest BCUT2D eigenvalue weighted by molar-refractivity contribution is 7.87. The first-order valence-electron chi connectivity index (χ1n) is 12.0. The van der Waals surface area contributed by atoms with Crippen LogP contribution < -0.4 is 0 Å². The number of hydrogen-bond acceptors (Lipinski definition) is 3. The Bertz CT molecular complexity index is 702. The van der Waals surface area contributed by atoms with Gasteiger partial charge in [-0.05, 0) is 61.1 Å². The summed E-state index contributed by atoms with van der Waals surface area (Å²) in [6.07, 6.45) is 20.7. The summed E-state index contributed by atoms with van der Waals surface area (Å²) in [5.74, 6) is 0.421. The van der Waals surface area contributed by atoms with Crippen molar-refractivity contribution in [1.82, 2.24) is 0 Å². The van der Waals surface area contributed by atoms with Gasteiger partial charge in [-0.2, -0.15) is 0 Å². The Balaban J connectivity index is 2.21. The van der Waals surface area contributed by atoms with Crippen LogP contribution in [0.2, 0.25) is 5.02 Å². The van der Waals surface area contributed by atoms with Gasteiger partial charge in [0, 0.05) is 21.6 Å². The predicted octanol–water partition coefficient (Wildman–Crippen LogP) is 7.86. The van der Waals surface area contributed by atoms with Gasteiger partial charge < -0.3 is 4.55 Å². The quantitative estimate of drug-likeness (QED) is 0.110. The van der Waals surface area contributed by atoms with Crippen molar-refractivity contribution in [2.75, 3.05) is 5.75 Å². The molecule has 3 unspecified atom stereocenters. The molecule has 1 aromatic carbocycles. The maximum atomic E-state index is 12.3. The van der Waals surface area contributed by atoms with Crippen molar-refractivity contribution in [2.24, 2.45) is 5.92 Å². The second-order valence-electron chi connectivity index (χ2n) is 8.38. The molecule has 0 heterocycles. The average Bonchev–Trinajstić information content (AvgIpc) is 2.76. The minimum absolute atomic E-state index is 0.0780. The lowest BCUT2D eigenvalue weighted by Gasteiger charge is -2.14. The van der Waals surface area contributed by atoms with E-state index in [0.717, 1.165) is 37.7 Å². The summed E-state index contributed by atoms with van der Waals surface area (Å²) >= 11 is 3.78. The van der Waals surface area contributed by atoms with Crippen molar-refractivity contribution in [2.45, 2.75) is 89.7 Å². The molecule has 1 aromatic rings. The summed E-state index contributed by atoms with van der Waals surface area (Å²) in [7, 11) is -1.16. The molecule has 3 atom stereocenters. The van der Waals surface area contributed by atoms with Crippen LogP contribution in [0.25, 0.3) is 0 Å². The molecule has 0 aliphatic carbocycles. The molecule has 0 fully saturated rings. The van der Waals surface area contributed by atoms with Crippen molar-refractivity contribution in [3.8, 4) is 0 Å². The molecule has 0 bridgehead atoms. The standard InChI is InChI=1S/C26H41ClO3S2/c1-2-3-4-5-6-7-8-9-10-11-12-13-14-15-24(23-32(29)30)20-21-31(28)22-25-16-18-26(27)19-17-25/h9-10,16-21,24H,2-8,11-15,22-23H2,1H3,(H,29,30)/p-1. The zero-order valence-corrected chi connectivity index (χ0v) is 21.9. The third kappa shape index (κ3) is 16.8. The number of rotatable bonds is 19. The van der Waals surface area contributed by atoms with Crippen molar-refractivity contribution < 1.29 is 13.0 Å². The molecule has 0 N–H and O–H groups in total. The van der Waals surface area contributed by atoms with E-state index in [1.807, 2.05) is 18.2 Å². The van der Waals surface area contributed by atoms with Crippen molar-refractivity contribution >= 4 is 33.5 Å². The maximum absolute atomic E-state index is 12.3. The minimum atomic E-state index is -2.09. The lowest BCUT2D eigenvalue weighted by atomic mass is 10.0. The van der Waals surface area contributed by atoms with Gasteiger partial charge in [0.15, 0.2) is 0 Å². The third-order valence-electron chi connectivity index (χ3n) is 5.41. The molecule has 0 spiro atoms. The van der Waals surface area contributed by atoms with Crippen LogP contribution in [0.4, 0.5) is 0 Å². The summed E-state index contributed by atoms with van der Waals surface area (Å²) in [4.78, 5) is 0. The fraction of sp³-hybridized carbons (Fsp3) is 0.615. The average molecular weight is 500 g/mol. The smallest absolute Gasteiger partial charge is 0.0526 e. The van der Waals surface area contributed by atoms with Crippen molar-refractivity contribution in [3.63, 3.8) is 0 Å². The first-order chi connectivity index (χ1) is 15.5. The molecule has 0 aliphatic rings. The van der Waals surface area contributed by atoms with Gasteiger partial charge in [0.2, 0.25) is 0 Å². The second-order valence-corrected chi connectivity index (χ2v) is 11.1. The Morgan fingerprint density at radius 2 is 1.50 bits per heavy atom. The molecule has 1 rings (SSSR count). The van der Waals surface area contributed by atoms with Gasteiger partial charge in [-0.25, -0.2) is 0 Å². The number of benzene rings is 1. The predicted molar refractivity (Wildman–Crippen MR) is 140 cm³/mol. The first-order valence-corrected chi connectivity index (χ1v) is 15.0. The highest BCUT2D eigenvalue weighted by atomic mass is 35.5. The van der Waals surface area contributed by atoms with E-state index in [4.69, 9.17) is 11.6 Å². The summed E-state index contributed by atoms with van der Waals surface area (Å²) in [6, 6.07) is 7.29. The molecule has 0 aromatic heterocycles. The van der Waals surface area contributed by atoms with Crippen molar-refractivity contribution in [1.29, 1.82) is 0 Å². The van der Waals surface area contributed by atoms with E-state index in [1.54, 1.807) is 17.5 Å². The largest absolute Gasteiger partial charge is 0.772 e. The maximum Gasteiger partial charge on any atom is 0.0526 e. The SMILES string of the molecule is CCCCCCCCC=CCCCCCC(C=CS(=O)Cc1ccc(Cl)cc1)CS(=O)[O-]. The number of unbranched alkanes of at least 4 members (excludes halogenated alkanes) is 9. The molecule has 0 saturated carbocycles. The fourth-order valence-corrected chi connectivity index (χ4v) is 5.29. The molecular formula is C26H40ClO3S2-. The molecule has 0 radical (unpaired) electrons. The van der Waals surface area contributed by atoms with E-state index in [2.05, 4.69) is 19.1 Å². The van der Waals surface area contributed by atoms with Crippen molar-refractivity contribution in [3.05, 3.63) is 58.5 Å².